The van der Waals surface area contributed by atoms with Crippen LogP contribution in [0.1, 0.15) is 32.3 Å². The Labute approximate surface area is 123 Å². The number of nitrogens with one attached hydrogen (secondary N) is 1. The van der Waals surface area contributed by atoms with Crippen molar-refractivity contribution in [3.05, 3.63) is 42.0 Å². The number of hydrogen-bond acceptors (Lipinski definition) is 2. The summed E-state index contributed by atoms with van der Waals surface area (Å²) in [6, 6.07) is 11.2. The van der Waals surface area contributed by atoms with E-state index in [1.165, 1.54) is 31.5 Å². The second kappa shape index (κ2) is 8.23. The zero-order chi connectivity index (χ0) is 14.2. The standard InChI is InChI=1S/C18H28N2/c1-16(2)19-14-18-11-7-13-20(15-18)12-6-10-17-8-4-3-5-9-17/h3-6,8-10,16,18-19H,7,11-15H2,1-2H3. The lowest BCUT2D eigenvalue weighted by Gasteiger charge is -2.32. The summed E-state index contributed by atoms with van der Waals surface area (Å²) in [5.74, 6) is 0.816. The summed E-state index contributed by atoms with van der Waals surface area (Å²) in [7, 11) is 0. The first kappa shape index (κ1) is 15.3. The Hall–Kier alpha value is -1.12. The fourth-order valence-corrected chi connectivity index (χ4v) is 2.79. The number of piperidine rings is 1. The van der Waals surface area contributed by atoms with E-state index in [0.29, 0.717) is 6.04 Å². The zero-order valence-electron chi connectivity index (χ0n) is 12.9. The Kier molecular flexibility index (Phi) is 6.28. The van der Waals surface area contributed by atoms with E-state index in [2.05, 4.69) is 66.5 Å². The molecule has 2 heteroatoms. The van der Waals surface area contributed by atoms with Gasteiger partial charge in [0, 0.05) is 19.1 Å². The van der Waals surface area contributed by atoms with E-state index in [9.17, 15) is 0 Å². The smallest absolute Gasteiger partial charge is 0.0166 e. The molecule has 1 aromatic carbocycles. The van der Waals surface area contributed by atoms with Crippen LogP contribution in [0.15, 0.2) is 36.4 Å². The van der Waals surface area contributed by atoms with Crippen LogP contribution in [-0.4, -0.2) is 37.1 Å². The topological polar surface area (TPSA) is 15.3 Å². The van der Waals surface area contributed by atoms with Crippen LogP contribution < -0.4 is 5.32 Å². The van der Waals surface area contributed by atoms with Crippen LogP contribution in [0, 0.1) is 5.92 Å². The molecule has 0 amide bonds. The molecule has 0 bridgehead atoms. The third-order valence-electron chi connectivity index (χ3n) is 3.89. The fraction of sp³-hybridized carbons (Fsp3) is 0.556. The molecule has 0 aliphatic carbocycles. The van der Waals surface area contributed by atoms with Crippen molar-refractivity contribution in [3.8, 4) is 0 Å². The van der Waals surface area contributed by atoms with E-state index in [4.69, 9.17) is 0 Å². The van der Waals surface area contributed by atoms with Gasteiger partial charge in [-0.3, -0.25) is 4.90 Å². The van der Waals surface area contributed by atoms with Gasteiger partial charge in [0.25, 0.3) is 0 Å². The molecule has 1 aromatic rings. The molecule has 0 aromatic heterocycles. The van der Waals surface area contributed by atoms with Crippen molar-refractivity contribution in [2.75, 3.05) is 26.2 Å². The highest BCUT2D eigenvalue weighted by Gasteiger charge is 2.18. The molecule has 1 aliphatic rings. The Balaban J connectivity index is 1.74. The molecule has 110 valence electrons. The van der Waals surface area contributed by atoms with E-state index in [1.54, 1.807) is 0 Å². The molecule has 1 unspecified atom stereocenters. The summed E-state index contributed by atoms with van der Waals surface area (Å²) < 4.78 is 0. The van der Waals surface area contributed by atoms with E-state index in [1.807, 2.05) is 0 Å². The average molecular weight is 272 g/mol. The molecule has 2 nitrogen and oxygen atoms in total. The van der Waals surface area contributed by atoms with Gasteiger partial charge in [-0.1, -0.05) is 56.3 Å². The van der Waals surface area contributed by atoms with Crippen LogP contribution in [0.3, 0.4) is 0 Å². The van der Waals surface area contributed by atoms with Crippen LogP contribution in [0.25, 0.3) is 6.08 Å². The Morgan fingerprint density at radius 1 is 1.30 bits per heavy atom. The van der Waals surface area contributed by atoms with Gasteiger partial charge in [0.1, 0.15) is 0 Å². The second-order valence-corrected chi connectivity index (χ2v) is 6.14. The van der Waals surface area contributed by atoms with Crippen LogP contribution in [0.4, 0.5) is 0 Å². The minimum Gasteiger partial charge on any atom is -0.314 e. The molecular formula is C18H28N2. The SMILES string of the molecule is CC(C)NCC1CCCN(CC=Cc2ccccc2)C1. The quantitative estimate of drug-likeness (QED) is 0.853. The predicted molar refractivity (Wildman–Crippen MR) is 87.8 cm³/mol. The van der Waals surface area contributed by atoms with Crippen molar-refractivity contribution < 1.29 is 0 Å². The third-order valence-corrected chi connectivity index (χ3v) is 3.89. The number of hydrogen-bond donors (Lipinski definition) is 1. The lowest BCUT2D eigenvalue weighted by molar-refractivity contribution is 0.186. The first-order valence-electron chi connectivity index (χ1n) is 7.91. The molecule has 2 rings (SSSR count). The van der Waals surface area contributed by atoms with Crippen molar-refractivity contribution in [1.82, 2.24) is 10.2 Å². The summed E-state index contributed by atoms with van der Waals surface area (Å²) in [5, 5.41) is 3.57. The summed E-state index contributed by atoms with van der Waals surface area (Å²) in [4.78, 5) is 2.58. The maximum atomic E-state index is 3.57. The van der Waals surface area contributed by atoms with Crippen molar-refractivity contribution >= 4 is 6.08 Å². The van der Waals surface area contributed by atoms with Gasteiger partial charge >= 0.3 is 0 Å². The van der Waals surface area contributed by atoms with Gasteiger partial charge in [0.15, 0.2) is 0 Å². The molecule has 1 heterocycles. The van der Waals surface area contributed by atoms with Gasteiger partial charge in [0.05, 0.1) is 0 Å². The molecule has 1 saturated heterocycles. The van der Waals surface area contributed by atoms with Gasteiger partial charge < -0.3 is 5.32 Å². The average Bonchev–Trinajstić information content (AvgIpc) is 2.47. The summed E-state index contributed by atoms with van der Waals surface area (Å²) in [6.45, 7) is 9.17. The first-order chi connectivity index (χ1) is 9.74. The highest BCUT2D eigenvalue weighted by Crippen LogP contribution is 2.16. The van der Waals surface area contributed by atoms with Crippen molar-refractivity contribution in [3.63, 3.8) is 0 Å². The number of rotatable bonds is 6. The van der Waals surface area contributed by atoms with E-state index in [0.717, 1.165) is 19.0 Å². The van der Waals surface area contributed by atoms with Crippen LogP contribution in [0.5, 0.6) is 0 Å². The van der Waals surface area contributed by atoms with E-state index >= 15 is 0 Å². The minimum atomic E-state index is 0.600. The van der Waals surface area contributed by atoms with E-state index in [-0.39, 0.29) is 0 Å². The molecule has 1 aliphatic heterocycles. The molecular weight excluding hydrogens is 244 g/mol. The monoisotopic (exact) mass is 272 g/mol. The van der Waals surface area contributed by atoms with Gasteiger partial charge in [-0.15, -0.1) is 0 Å². The van der Waals surface area contributed by atoms with Gasteiger partial charge in [-0.2, -0.15) is 0 Å². The summed E-state index contributed by atoms with van der Waals surface area (Å²) in [5.41, 5.74) is 1.29. The molecule has 1 fully saturated rings. The Bertz CT molecular complexity index is 397. The third kappa shape index (κ3) is 5.48. The van der Waals surface area contributed by atoms with Gasteiger partial charge in [-0.25, -0.2) is 0 Å². The number of benzene rings is 1. The summed E-state index contributed by atoms with van der Waals surface area (Å²) in [6.07, 6.45) is 7.24. The molecule has 1 N–H and O–H groups in total. The Morgan fingerprint density at radius 3 is 2.85 bits per heavy atom. The largest absolute Gasteiger partial charge is 0.314 e. The van der Waals surface area contributed by atoms with Crippen molar-refractivity contribution in [2.45, 2.75) is 32.7 Å². The molecule has 1 atom stereocenters. The maximum Gasteiger partial charge on any atom is 0.0166 e. The molecule has 0 radical (unpaired) electrons. The first-order valence-corrected chi connectivity index (χ1v) is 7.91. The molecule has 0 saturated carbocycles. The van der Waals surface area contributed by atoms with Crippen molar-refractivity contribution in [1.29, 1.82) is 0 Å². The minimum absolute atomic E-state index is 0.600. The van der Waals surface area contributed by atoms with Crippen LogP contribution in [0.2, 0.25) is 0 Å². The highest BCUT2D eigenvalue weighted by atomic mass is 15.1. The predicted octanol–water partition coefficient (Wildman–Crippen LogP) is 3.41. The van der Waals surface area contributed by atoms with Gasteiger partial charge in [0.2, 0.25) is 0 Å². The zero-order valence-corrected chi connectivity index (χ0v) is 12.9. The van der Waals surface area contributed by atoms with Crippen molar-refractivity contribution in [2.24, 2.45) is 5.92 Å². The fourth-order valence-electron chi connectivity index (χ4n) is 2.79. The summed E-state index contributed by atoms with van der Waals surface area (Å²) >= 11 is 0. The van der Waals surface area contributed by atoms with Gasteiger partial charge in [-0.05, 0) is 37.4 Å². The maximum absolute atomic E-state index is 3.57. The number of likely N-dealkylation sites (tertiary alicyclic amines) is 1. The second-order valence-electron chi connectivity index (χ2n) is 6.14. The van der Waals surface area contributed by atoms with Crippen LogP contribution >= 0.6 is 0 Å². The lowest BCUT2D eigenvalue weighted by Crippen LogP contribution is -2.40. The normalized spacial score (nSPS) is 20.9. The lowest BCUT2D eigenvalue weighted by atomic mass is 9.97. The molecule has 20 heavy (non-hydrogen) atoms. The number of nitrogens with zero attached hydrogens (tertiary/aromatic N) is 1. The van der Waals surface area contributed by atoms with Crippen LogP contribution in [-0.2, 0) is 0 Å². The Morgan fingerprint density at radius 2 is 2.10 bits per heavy atom. The highest BCUT2D eigenvalue weighted by molar-refractivity contribution is 5.48. The molecule has 0 spiro atoms. The van der Waals surface area contributed by atoms with E-state index < -0.39 is 0 Å².